The Bertz CT molecular complexity index is 862. The van der Waals surface area contributed by atoms with E-state index in [-0.39, 0.29) is 12.4 Å². The summed E-state index contributed by atoms with van der Waals surface area (Å²) in [7, 11) is 0. The SMILES string of the molecule is C=CCn1c(COc2ccccc2F)nnc1SCc1csc(C)n1. The predicted octanol–water partition coefficient (Wildman–Crippen LogP) is 4.24. The topological polar surface area (TPSA) is 52.8 Å². The summed E-state index contributed by atoms with van der Waals surface area (Å²) in [4.78, 5) is 4.45. The van der Waals surface area contributed by atoms with Crippen LogP contribution in [0, 0.1) is 12.7 Å². The molecular weight excluding hydrogens is 359 g/mol. The number of hydrogen-bond acceptors (Lipinski definition) is 6. The van der Waals surface area contributed by atoms with Gasteiger partial charge in [-0.05, 0) is 19.1 Å². The van der Waals surface area contributed by atoms with E-state index in [1.807, 2.05) is 16.9 Å². The molecule has 3 aromatic rings. The summed E-state index contributed by atoms with van der Waals surface area (Å²) >= 11 is 3.18. The number of halogens is 1. The Morgan fingerprint density at radius 1 is 1.36 bits per heavy atom. The van der Waals surface area contributed by atoms with Crippen LogP contribution in [-0.2, 0) is 18.9 Å². The Hall–Kier alpha value is -2.19. The van der Waals surface area contributed by atoms with Gasteiger partial charge >= 0.3 is 0 Å². The molecule has 0 aliphatic rings. The molecule has 0 fully saturated rings. The molecule has 0 aliphatic heterocycles. The number of ether oxygens (including phenoxy) is 1. The third-order valence-corrected chi connectivity index (χ3v) is 5.14. The Morgan fingerprint density at radius 3 is 2.92 bits per heavy atom. The van der Waals surface area contributed by atoms with E-state index >= 15 is 0 Å². The molecule has 5 nitrogen and oxygen atoms in total. The number of benzene rings is 1. The van der Waals surface area contributed by atoms with Gasteiger partial charge < -0.3 is 4.74 Å². The summed E-state index contributed by atoms with van der Waals surface area (Å²) in [6.45, 7) is 6.45. The number of nitrogens with zero attached hydrogens (tertiary/aromatic N) is 4. The lowest BCUT2D eigenvalue weighted by Gasteiger charge is -2.09. The van der Waals surface area contributed by atoms with E-state index in [2.05, 4.69) is 21.8 Å². The van der Waals surface area contributed by atoms with Gasteiger partial charge in [-0.25, -0.2) is 9.37 Å². The van der Waals surface area contributed by atoms with Crippen LogP contribution in [0.3, 0.4) is 0 Å². The molecule has 0 radical (unpaired) electrons. The third-order valence-electron chi connectivity index (χ3n) is 3.31. The lowest BCUT2D eigenvalue weighted by molar-refractivity contribution is 0.275. The van der Waals surface area contributed by atoms with Gasteiger partial charge in [0.15, 0.2) is 22.5 Å². The molecule has 0 aliphatic carbocycles. The quantitative estimate of drug-likeness (QED) is 0.435. The first-order valence-corrected chi connectivity index (χ1v) is 9.48. The van der Waals surface area contributed by atoms with Crippen LogP contribution < -0.4 is 4.74 Å². The molecule has 0 amide bonds. The number of aromatic nitrogens is 4. The molecule has 0 N–H and O–H groups in total. The minimum absolute atomic E-state index is 0.137. The number of thiazole rings is 1. The highest BCUT2D eigenvalue weighted by Crippen LogP contribution is 2.24. The van der Waals surface area contributed by atoms with Gasteiger partial charge in [0.05, 0.1) is 10.7 Å². The molecular formula is C17H17FN4OS2. The Kier molecular flexibility index (Phi) is 5.83. The van der Waals surface area contributed by atoms with Crippen molar-refractivity contribution in [3.05, 3.63) is 64.6 Å². The molecule has 0 saturated heterocycles. The highest BCUT2D eigenvalue weighted by molar-refractivity contribution is 7.98. The molecule has 25 heavy (non-hydrogen) atoms. The van der Waals surface area contributed by atoms with E-state index in [1.165, 1.54) is 6.07 Å². The molecule has 0 unspecified atom stereocenters. The maximum atomic E-state index is 13.7. The van der Waals surface area contributed by atoms with E-state index < -0.39 is 5.82 Å². The second-order valence-electron chi connectivity index (χ2n) is 5.16. The smallest absolute Gasteiger partial charge is 0.191 e. The van der Waals surface area contributed by atoms with Gasteiger partial charge in [0.25, 0.3) is 0 Å². The molecule has 130 valence electrons. The lowest BCUT2D eigenvalue weighted by Crippen LogP contribution is -2.08. The first-order chi connectivity index (χ1) is 12.2. The van der Waals surface area contributed by atoms with Crippen molar-refractivity contribution >= 4 is 23.1 Å². The number of aryl methyl sites for hydroxylation is 1. The molecule has 1 aromatic carbocycles. The molecule has 2 heterocycles. The Morgan fingerprint density at radius 2 is 2.20 bits per heavy atom. The summed E-state index contributed by atoms with van der Waals surface area (Å²) in [5.74, 6) is 1.14. The van der Waals surface area contributed by atoms with Gasteiger partial charge in [-0.1, -0.05) is 30.0 Å². The minimum atomic E-state index is -0.397. The van der Waals surface area contributed by atoms with Crippen molar-refractivity contribution in [2.24, 2.45) is 0 Å². The fourth-order valence-corrected chi connectivity index (χ4v) is 3.74. The maximum absolute atomic E-state index is 13.7. The Balaban J connectivity index is 1.70. The maximum Gasteiger partial charge on any atom is 0.191 e. The average Bonchev–Trinajstić information content (AvgIpc) is 3.19. The van der Waals surface area contributed by atoms with Crippen molar-refractivity contribution in [1.29, 1.82) is 0 Å². The van der Waals surface area contributed by atoms with Gasteiger partial charge in [0.1, 0.15) is 6.61 Å². The number of rotatable bonds is 8. The van der Waals surface area contributed by atoms with E-state index in [0.717, 1.165) is 15.9 Å². The van der Waals surface area contributed by atoms with E-state index in [9.17, 15) is 4.39 Å². The van der Waals surface area contributed by atoms with Crippen LogP contribution in [0.4, 0.5) is 4.39 Å². The van der Waals surface area contributed by atoms with Gasteiger partial charge in [0, 0.05) is 17.7 Å². The summed E-state index contributed by atoms with van der Waals surface area (Å²) in [6, 6.07) is 6.30. The number of thioether (sulfide) groups is 1. The number of allylic oxidation sites excluding steroid dienone is 1. The molecule has 0 atom stereocenters. The predicted molar refractivity (Wildman–Crippen MR) is 97.4 cm³/mol. The fourth-order valence-electron chi connectivity index (χ4n) is 2.16. The summed E-state index contributed by atoms with van der Waals surface area (Å²) < 4.78 is 21.1. The largest absolute Gasteiger partial charge is 0.483 e. The van der Waals surface area contributed by atoms with Crippen molar-refractivity contribution < 1.29 is 9.13 Å². The summed E-state index contributed by atoms with van der Waals surface area (Å²) in [5, 5.41) is 12.2. The van der Waals surface area contributed by atoms with Crippen LogP contribution in [0.5, 0.6) is 5.75 Å². The van der Waals surface area contributed by atoms with Gasteiger partial charge in [-0.15, -0.1) is 28.1 Å². The highest BCUT2D eigenvalue weighted by Gasteiger charge is 2.14. The van der Waals surface area contributed by atoms with Crippen molar-refractivity contribution in [2.75, 3.05) is 0 Å². The van der Waals surface area contributed by atoms with Crippen LogP contribution in [0.25, 0.3) is 0 Å². The molecule has 8 heteroatoms. The highest BCUT2D eigenvalue weighted by atomic mass is 32.2. The van der Waals surface area contributed by atoms with E-state index in [1.54, 1.807) is 47.4 Å². The van der Waals surface area contributed by atoms with Crippen molar-refractivity contribution in [1.82, 2.24) is 19.7 Å². The normalized spacial score (nSPS) is 10.8. The van der Waals surface area contributed by atoms with E-state index in [0.29, 0.717) is 18.1 Å². The second-order valence-corrected chi connectivity index (χ2v) is 7.17. The third kappa shape index (κ3) is 4.46. The van der Waals surface area contributed by atoms with E-state index in [4.69, 9.17) is 4.74 Å². The molecule has 3 rings (SSSR count). The van der Waals surface area contributed by atoms with Gasteiger partial charge in [-0.3, -0.25) is 4.57 Å². The van der Waals surface area contributed by atoms with Crippen LogP contribution in [0.15, 0.2) is 47.5 Å². The molecule has 0 saturated carbocycles. The monoisotopic (exact) mass is 376 g/mol. The average molecular weight is 376 g/mol. The minimum Gasteiger partial charge on any atom is -0.483 e. The molecule has 2 aromatic heterocycles. The van der Waals surface area contributed by atoms with Crippen molar-refractivity contribution in [3.8, 4) is 5.75 Å². The first kappa shape index (κ1) is 17.6. The van der Waals surface area contributed by atoms with Crippen LogP contribution in [0.2, 0.25) is 0 Å². The van der Waals surface area contributed by atoms with Crippen molar-refractivity contribution in [3.63, 3.8) is 0 Å². The standard InChI is InChI=1S/C17H17FN4OS2/c1-3-8-22-16(9-23-15-7-5-4-6-14(15)18)20-21-17(22)25-11-13-10-24-12(2)19-13/h3-7,10H,1,8-9,11H2,2H3. The first-order valence-electron chi connectivity index (χ1n) is 7.61. The molecule has 0 bridgehead atoms. The zero-order chi connectivity index (χ0) is 17.6. The summed E-state index contributed by atoms with van der Waals surface area (Å²) in [6.07, 6.45) is 1.77. The zero-order valence-corrected chi connectivity index (χ0v) is 15.3. The van der Waals surface area contributed by atoms with Crippen LogP contribution >= 0.6 is 23.1 Å². The Labute approximate surface area is 153 Å². The van der Waals surface area contributed by atoms with Crippen molar-refractivity contribution in [2.45, 2.75) is 31.0 Å². The second kappa shape index (κ2) is 8.26. The fraction of sp³-hybridized carbons (Fsp3) is 0.235. The number of para-hydroxylation sites is 1. The lowest BCUT2D eigenvalue weighted by atomic mass is 10.3. The van der Waals surface area contributed by atoms with Crippen LogP contribution in [0.1, 0.15) is 16.5 Å². The summed E-state index contributed by atoms with van der Waals surface area (Å²) in [5.41, 5.74) is 1.02. The zero-order valence-electron chi connectivity index (χ0n) is 13.7. The van der Waals surface area contributed by atoms with Gasteiger partial charge in [0.2, 0.25) is 0 Å². The van der Waals surface area contributed by atoms with Crippen LogP contribution in [-0.4, -0.2) is 19.7 Å². The van der Waals surface area contributed by atoms with Gasteiger partial charge in [-0.2, -0.15) is 0 Å². The number of hydrogen-bond donors (Lipinski definition) is 0. The molecule has 0 spiro atoms.